The molecular formula is C22H30N4O2. The molecule has 0 atom stereocenters. The second kappa shape index (κ2) is 9.84. The number of rotatable bonds is 7. The van der Waals surface area contributed by atoms with Crippen LogP contribution in [0.1, 0.15) is 52.1 Å². The van der Waals surface area contributed by atoms with E-state index in [2.05, 4.69) is 11.4 Å². The molecule has 0 saturated heterocycles. The number of aryl methyl sites for hydroxylation is 1. The Bertz CT molecular complexity index is 819. The van der Waals surface area contributed by atoms with Crippen molar-refractivity contribution in [1.82, 2.24) is 5.32 Å². The van der Waals surface area contributed by atoms with Gasteiger partial charge >= 0.3 is 0 Å². The van der Waals surface area contributed by atoms with E-state index in [1.807, 2.05) is 32.9 Å². The maximum absolute atomic E-state index is 12.1. The van der Waals surface area contributed by atoms with Crippen molar-refractivity contribution in [3.8, 4) is 11.8 Å². The molecule has 3 N–H and O–H groups in total. The van der Waals surface area contributed by atoms with Crippen LogP contribution < -0.4 is 10.1 Å². The van der Waals surface area contributed by atoms with Crippen LogP contribution in [0.3, 0.4) is 0 Å². The molecule has 1 aliphatic carbocycles. The normalized spacial score (nSPS) is 19.2. The van der Waals surface area contributed by atoms with Crippen LogP contribution in [0.4, 0.5) is 0 Å². The third-order valence-electron chi connectivity index (χ3n) is 4.93. The Balaban J connectivity index is 0.00000420. The number of hydrogen-bond acceptors (Lipinski definition) is 5. The summed E-state index contributed by atoms with van der Waals surface area (Å²) in [5, 5.41) is 27.5. The molecule has 0 unspecified atom stereocenters. The van der Waals surface area contributed by atoms with Gasteiger partial charge in [0.25, 0.3) is 5.91 Å². The SMILES string of the molecule is Cc1cc(OC2CCC(NC(=O)C(=N)/C=C\C(=N)C(C)C)CC2)ccc1C#N.[HH]. The summed E-state index contributed by atoms with van der Waals surface area (Å²) in [5.74, 6) is 0.436. The van der Waals surface area contributed by atoms with Gasteiger partial charge in [-0.3, -0.25) is 10.2 Å². The van der Waals surface area contributed by atoms with E-state index in [0.717, 1.165) is 37.0 Å². The van der Waals surface area contributed by atoms with Crippen LogP contribution in [-0.2, 0) is 4.79 Å². The Morgan fingerprint density at radius 3 is 2.54 bits per heavy atom. The molecule has 1 aliphatic rings. The number of benzene rings is 1. The summed E-state index contributed by atoms with van der Waals surface area (Å²) in [6.07, 6.45) is 6.23. The van der Waals surface area contributed by atoms with Gasteiger partial charge in [0.15, 0.2) is 0 Å². The number of nitrogens with zero attached hydrogens (tertiary/aromatic N) is 1. The van der Waals surface area contributed by atoms with Crippen molar-refractivity contribution in [2.24, 2.45) is 5.92 Å². The minimum absolute atomic E-state index is 0. The Kier molecular flexibility index (Phi) is 7.51. The number of carbonyl (C=O) groups excluding carboxylic acids is 1. The first-order valence-electron chi connectivity index (χ1n) is 9.63. The van der Waals surface area contributed by atoms with Gasteiger partial charge in [0.1, 0.15) is 11.5 Å². The zero-order valence-electron chi connectivity index (χ0n) is 16.7. The Morgan fingerprint density at radius 1 is 1.29 bits per heavy atom. The number of carbonyl (C=O) groups is 1. The number of ether oxygens (including phenoxy) is 1. The van der Waals surface area contributed by atoms with Crippen LogP contribution in [-0.4, -0.2) is 29.5 Å². The number of allylic oxidation sites excluding steroid dienone is 1. The lowest BCUT2D eigenvalue weighted by molar-refractivity contribution is -0.115. The zero-order chi connectivity index (χ0) is 20.7. The fraction of sp³-hybridized carbons (Fsp3) is 0.455. The minimum Gasteiger partial charge on any atom is -0.490 e. The van der Waals surface area contributed by atoms with E-state index in [-0.39, 0.29) is 25.2 Å². The van der Waals surface area contributed by atoms with Gasteiger partial charge in [-0.05, 0) is 74.4 Å². The van der Waals surface area contributed by atoms with Crippen LogP contribution in [0.5, 0.6) is 5.75 Å². The maximum Gasteiger partial charge on any atom is 0.269 e. The quantitative estimate of drug-likeness (QED) is 0.615. The second-order valence-corrected chi connectivity index (χ2v) is 7.51. The van der Waals surface area contributed by atoms with Crippen molar-refractivity contribution in [1.29, 1.82) is 16.1 Å². The summed E-state index contributed by atoms with van der Waals surface area (Å²) in [4.78, 5) is 12.1. The molecule has 1 aromatic rings. The number of hydrogen-bond donors (Lipinski definition) is 3. The van der Waals surface area contributed by atoms with Gasteiger partial charge in [-0.15, -0.1) is 0 Å². The van der Waals surface area contributed by atoms with Crippen LogP contribution in [0.25, 0.3) is 0 Å². The average molecular weight is 383 g/mol. The molecule has 0 aliphatic heterocycles. The lowest BCUT2D eigenvalue weighted by atomic mass is 9.92. The van der Waals surface area contributed by atoms with Gasteiger partial charge in [0.05, 0.1) is 17.7 Å². The highest BCUT2D eigenvalue weighted by molar-refractivity contribution is 6.42. The molecular weight excluding hydrogens is 352 g/mol. The molecule has 0 spiro atoms. The Labute approximate surface area is 168 Å². The fourth-order valence-electron chi connectivity index (χ4n) is 3.06. The van der Waals surface area contributed by atoms with Crippen LogP contribution in [0.15, 0.2) is 30.4 Å². The van der Waals surface area contributed by atoms with Crippen molar-refractivity contribution in [2.75, 3.05) is 0 Å². The van der Waals surface area contributed by atoms with E-state index >= 15 is 0 Å². The van der Waals surface area contributed by atoms with E-state index in [9.17, 15) is 4.79 Å². The summed E-state index contributed by atoms with van der Waals surface area (Å²) in [6.45, 7) is 5.69. The topological polar surface area (TPSA) is 110 Å². The minimum atomic E-state index is -0.403. The molecule has 0 aromatic heterocycles. The van der Waals surface area contributed by atoms with Crippen molar-refractivity contribution in [3.05, 3.63) is 41.5 Å². The number of nitriles is 1. The van der Waals surface area contributed by atoms with Gasteiger partial charge < -0.3 is 15.5 Å². The molecule has 1 fully saturated rings. The molecule has 0 heterocycles. The van der Waals surface area contributed by atoms with Gasteiger partial charge in [-0.25, -0.2) is 0 Å². The molecule has 0 bridgehead atoms. The summed E-state index contributed by atoms with van der Waals surface area (Å²) in [6, 6.07) is 7.66. The molecule has 150 valence electrons. The molecule has 6 heteroatoms. The summed E-state index contributed by atoms with van der Waals surface area (Å²) >= 11 is 0. The lowest BCUT2D eigenvalue weighted by Gasteiger charge is -2.29. The zero-order valence-corrected chi connectivity index (χ0v) is 16.7. The van der Waals surface area contributed by atoms with Crippen LogP contribution >= 0.6 is 0 Å². The Morgan fingerprint density at radius 2 is 1.96 bits per heavy atom. The largest absolute Gasteiger partial charge is 0.490 e. The number of nitrogens with one attached hydrogen (secondary N) is 3. The van der Waals surface area contributed by atoms with Crippen LogP contribution in [0, 0.1) is 35.0 Å². The molecule has 2 rings (SSSR count). The van der Waals surface area contributed by atoms with Gasteiger partial charge in [0, 0.05) is 13.2 Å². The monoisotopic (exact) mass is 382 g/mol. The summed E-state index contributed by atoms with van der Waals surface area (Å²) < 4.78 is 6.02. The van der Waals surface area contributed by atoms with E-state index in [1.54, 1.807) is 6.07 Å². The maximum atomic E-state index is 12.1. The predicted molar refractivity (Wildman–Crippen MR) is 112 cm³/mol. The van der Waals surface area contributed by atoms with Gasteiger partial charge in [-0.1, -0.05) is 13.8 Å². The van der Waals surface area contributed by atoms with Gasteiger partial charge in [0.2, 0.25) is 0 Å². The highest BCUT2D eigenvalue weighted by atomic mass is 16.5. The van der Waals surface area contributed by atoms with Crippen molar-refractivity contribution >= 4 is 17.3 Å². The Hall–Kier alpha value is -2.94. The molecule has 1 amide bonds. The molecule has 1 saturated carbocycles. The fourth-order valence-corrected chi connectivity index (χ4v) is 3.06. The highest BCUT2D eigenvalue weighted by Gasteiger charge is 2.24. The molecule has 6 nitrogen and oxygen atoms in total. The van der Waals surface area contributed by atoms with Crippen molar-refractivity contribution < 1.29 is 11.0 Å². The smallest absolute Gasteiger partial charge is 0.269 e. The third-order valence-corrected chi connectivity index (χ3v) is 4.93. The first-order chi connectivity index (χ1) is 13.3. The van der Waals surface area contributed by atoms with Crippen LogP contribution in [0.2, 0.25) is 0 Å². The third kappa shape index (κ3) is 6.05. The van der Waals surface area contributed by atoms with E-state index in [0.29, 0.717) is 11.3 Å². The molecule has 0 radical (unpaired) electrons. The van der Waals surface area contributed by atoms with E-state index in [4.69, 9.17) is 20.8 Å². The lowest BCUT2D eigenvalue weighted by Crippen LogP contribution is -2.42. The van der Waals surface area contributed by atoms with E-state index in [1.165, 1.54) is 12.2 Å². The highest BCUT2D eigenvalue weighted by Crippen LogP contribution is 2.25. The predicted octanol–water partition coefficient (Wildman–Crippen LogP) is 4.17. The van der Waals surface area contributed by atoms with Crippen molar-refractivity contribution in [3.63, 3.8) is 0 Å². The molecule has 28 heavy (non-hydrogen) atoms. The second-order valence-electron chi connectivity index (χ2n) is 7.51. The summed E-state index contributed by atoms with van der Waals surface area (Å²) in [5.41, 5.74) is 1.82. The van der Waals surface area contributed by atoms with E-state index < -0.39 is 5.91 Å². The summed E-state index contributed by atoms with van der Waals surface area (Å²) in [7, 11) is 0. The average Bonchev–Trinajstić information content (AvgIpc) is 2.67. The van der Waals surface area contributed by atoms with Gasteiger partial charge in [-0.2, -0.15) is 5.26 Å². The first-order valence-corrected chi connectivity index (χ1v) is 9.63. The van der Waals surface area contributed by atoms with Crippen molar-refractivity contribution in [2.45, 2.75) is 58.6 Å². The molecule has 1 aromatic carbocycles. The first kappa shape index (κ1) is 21.4. The number of amides is 1. The standard InChI is InChI=1S/C22H28N4O2.H2/c1-14(2)20(24)10-11-21(25)22(27)26-17-5-8-18(9-6-17)28-19-7-4-16(13-23)15(3)12-19;/h4,7,10-12,14,17-18,24-25H,5-6,8-9H2,1-3H3,(H,26,27);1H/b11-10-,24-20?,25-21?;.